The van der Waals surface area contributed by atoms with E-state index >= 15 is 0 Å². The molecule has 0 N–H and O–H groups in total. The monoisotopic (exact) mass is 188 g/mol. The summed E-state index contributed by atoms with van der Waals surface area (Å²) >= 11 is 0. The highest BCUT2D eigenvalue weighted by molar-refractivity contribution is 5.13. The van der Waals surface area contributed by atoms with E-state index in [9.17, 15) is 8.78 Å². The number of hydrogen-bond donors (Lipinski definition) is 0. The third kappa shape index (κ3) is 1.50. The molecule has 0 amide bonds. The molecule has 1 heterocycles. The molecule has 0 bridgehead atoms. The molecule has 3 heteroatoms. The van der Waals surface area contributed by atoms with Gasteiger partial charge in [-0.05, 0) is 30.8 Å². The van der Waals surface area contributed by atoms with Gasteiger partial charge in [-0.15, -0.1) is 0 Å². The molecular weight excluding hydrogens is 174 g/mol. The van der Waals surface area contributed by atoms with Crippen LogP contribution < -0.4 is 0 Å². The molecule has 1 nitrogen and oxygen atoms in total. The number of rotatable bonds is 0. The van der Waals surface area contributed by atoms with Crippen molar-refractivity contribution in [3.8, 4) is 0 Å². The van der Waals surface area contributed by atoms with Crippen LogP contribution in [-0.4, -0.2) is 25.1 Å². The maximum Gasteiger partial charge on any atom is 0.161 e. The first-order valence-corrected chi connectivity index (χ1v) is 4.77. The molecule has 1 aliphatic carbocycles. The van der Waals surface area contributed by atoms with Gasteiger partial charge in [0.15, 0.2) is 12.3 Å². The van der Waals surface area contributed by atoms with Crippen molar-refractivity contribution in [2.24, 2.45) is 5.92 Å². The zero-order valence-corrected chi connectivity index (χ0v) is 7.51. The van der Waals surface area contributed by atoms with Gasteiger partial charge in [0.05, 0.1) is 6.10 Å². The summed E-state index contributed by atoms with van der Waals surface area (Å²) in [6.07, 6.45) is -1.04. The second-order valence-corrected chi connectivity index (χ2v) is 3.95. The number of halogens is 2. The molecule has 0 spiro atoms. The van der Waals surface area contributed by atoms with Crippen molar-refractivity contribution < 1.29 is 13.5 Å². The lowest BCUT2D eigenvalue weighted by Crippen LogP contribution is -2.46. The van der Waals surface area contributed by atoms with E-state index in [1.807, 2.05) is 0 Å². The van der Waals surface area contributed by atoms with Gasteiger partial charge in [-0.2, -0.15) is 0 Å². The molecule has 2 fully saturated rings. The highest BCUT2D eigenvalue weighted by Gasteiger charge is 2.43. The Hall–Kier alpha value is -0.440. The molecule has 2 aliphatic rings. The van der Waals surface area contributed by atoms with Crippen LogP contribution in [0, 0.1) is 5.92 Å². The molecule has 0 aromatic carbocycles. The molecular formula is C10H14F2O. The van der Waals surface area contributed by atoms with Crippen molar-refractivity contribution in [1.82, 2.24) is 0 Å². The lowest BCUT2D eigenvalue weighted by molar-refractivity contribution is -0.0975. The largest absolute Gasteiger partial charge is 0.375 e. The lowest BCUT2D eigenvalue weighted by Gasteiger charge is -2.40. The first-order valence-electron chi connectivity index (χ1n) is 4.77. The zero-order valence-electron chi connectivity index (χ0n) is 7.51. The summed E-state index contributed by atoms with van der Waals surface area (Å²) in [4.78, 5) is 0. The van der Waals surface area contributed by atoms with Gasteiger partial charge < -0.3 is 4.74 Å². The number of allylic oxidation sites excluding steroid dienone is 1. The molecule has 1 saturated heterocycles. The van der Waals surface area contributed by atoms with Crippen LogP contribution in [0.2, 0.25) is 0 Å². The summed E-state index contributed by atoms with van der Waals surface area (Å²) in [6, 6.07) is 0. The van der Waals surface area contributed by atoms with Gasteiger partial charge in [0.2, 0.25) is 0 Å². The number of fused-ring (bicyclic) bond motifs is 1. The highest BCUT2D eigenvalue weighted by atomic mass is 19.2. The predicted molar refractivity (Wildman–Crippen MR) is 46.0 cm³/mol. The Bertz CT molecular complexity index is 215. The molecule has 1 saturated carbocycles. The minimum Gasteiger partial charge on any atom is -0.375 e. The fourth-order valence-corrected chi connectivity index (χ4v) is 2.28. The Morgan fingerprint density at radius 3 is 2.92 bits per heavy atom. The van der Waals surface area contributed by atoms with Crippen molar-refractivity contribution in [3.63, 3.8) is 0 Å². The summed E-state index contributed by atoms with van der Waals surface area (Å²) in [5.41, 5.74) is 0.402. The third-order valence-corrected chi connectivity index (χ3v) is 3.00. The molecule has 0 aromatic heterocycles. The van der Waals surface area contributed by atoms with Crippen LogP contribution in [0.1, 0.15) is 19.3 Å². The van der Waals surface area contributed by atoms with Crippen LogP contribution in [0.15, 0.2) is 12.2 Å². The number of hydrogen-bond acceptors (Lipinski definition) is 1. The first kappa shape index (κ1) is 9.13. The molecule has 4 atom stereocenters. The maximum atomic E-state index is 13.4. The van der Waals surface area contributed by atoms with Gasteiger partial charge >= 0.3 is 0 Å². The van der Waals surface area contributed by atoms with Crippen molar-refractivity contribution >= 4 is 0 Å². The van der Waals surface area contributed by atoms with E-state index in [0.717, 1.165) is 12.8 Å². The van der Waals surface area contributed by atoms with Crippen LogP contribution in [-0.2, 0) is 4.74 Å². The third-order valence-electron chi connectivity index (χ3n) is 3.00. The molecule has 2 rings (SSSR count). The van der Waals surface area contributed by atoms with E-state index in [-0.39, 0.29) is 5.92 Å². The Morgan fingerprint density at radius 1 is 1.38 bits per heavy atom. The van der Waals surface area contributed by atoms with Crippen LogP contribution in [0.4, 0.5) is 8.78 Å². The molecule has 74 valence electrons. The Labute approximate surface area is 76.8 Å². The van der Waals surface area contributed by atoms with E-state index < -0.39 is 18.4 Å². The first-order chi connectivity index (χ1) is 6.20. The van der Waals surface area contributed by atoms with Crippen LogP contribution >= 0.6 is 0 Å². The van der Waals surface area contributed by atoms with Crippen molar-refractivity contribution in [3.05, 3.63) is 12.2 Å². The zero-order chi connectivity index (χ0) is 9.42. The van der Waals surface area contributed by atoms with Gasteiger partial charge in [-0.3, -0.25) is 0 Å². The minimum absolute atomic E-state index is 0.156. The van der Waals surface area contributed by atoms with E-state index in [1.54, 1.807) is 0 Å². The summed E-state index contributed by atoms with van der Waals surface area (Å²) in [6.45, 7) is 4.14. The SMILES string of the molecule is C=C1CC2CCCOC2C(F)C1F. The Balaban J connectivity index is 2.12. The van der Waals surface area contributed by atoms with Gasteiger partial charge in [-0.25, -0.2) is 8.78 Å². The smallest absolute Gasteiger partial charge is 0.161 e. The topological polar surface area (TPSA) is 9.23 Å². The molecule has 1 aliphatic heterocycles. The van der Waals surface area contributed by atoms with Gasteiger partial charge in [-0.1, -0.05) is 6.58 Å². The highest BCUT2D eigenvalue weighted by Crippen LogP contribution is 2.38. The second-order valence-electron chi connectivity index (χ2n) is 3.95. The predicted octanol–water partition coefficient (Wildman–Crippen LogP) is 2.42. The van der Waals surface area contributed by atoms with Gasteiger partial charge in [0, 0.05) is 6.61 Å². The quantitative estimate of drug-likeness (QED) is 0.530. The van der Waals surface area contributed by atoms with E-state index in [4.69, 9.17) is 4.74 Å². The average Bonchev–Trinajstić information content (AvgIpc) is 2.15. The van der Waals surface area contributed by atoms with Crippen molar-refractivity contribution in [2.75, 3.05) is 6.61 Å². The van der Waals surface area contributed by atoms with E-state index in [0.29, 0.717) is 18.6 Å². The van der Waals surface area contributed by atoms with Crippen molar-refractivity contribution in [1.29, 1.82) is 0 Å². The normalized spacial score (nSPS) is 45.8. The standard InChI is InChI=1S/C10H14F2O/c1-6-5-7-3-2-4-13-10(7)9(12)8(6)11/h7-10H,1-5H2. The molecule has 0 aromatic rings. The minimum atomic E-state index is -1.51. The summed E-state index contributed by atoms with van der Waals surface area (Å²) in [5.74, 6) is 0.156. The van der Waals surface area contributed by atoms with Crippen molar-refractivity contribution in [2.45, 2.75) is 37.7 Å². The molecule has 0 radical (unpaired) electrons. The van der Waals surface area contributed by atoms with Crippen LogP contribution in [0.3, 0.4) is 0 Å². The lowest BCUT2D eigenvalue weighted by atomic mass is 9.78. The number of ether oxygens (including phenoxy) is 1. The van der Waals surface area contributed by atoms with E-state index in [2.05, 4.69) is 6.58 Å². The second kappa shape index (κ2) is 3.37. The summed E-state index contributed by atoms with van der Waals surface area (Å²) < 4.78 is 31.8. The average molecular weight is 188 g/mol. The Morgan fingerprint density at radius 2 is 2.15 bits per heavy atom. The Kier molecular flexibility index (Phi) is 2.37. The van der Waals surface area contributed by atoms with Gasteiger partial charge in [0.25, 0.3) is 0 Å². The van der Waals surface area contributed by atoms with Gasteiger partial charge in [0.1, 0.15) is 0 Å². The summed E-state index contributed by atoms with van der Waals surface area (Å²) in [7, 11) is 0. The number of alkyl halides is 2. The fourth-order valence-electron chi connectivity index (χ4n) is 2.28. The maximum absolute atomic E-state index is 13.4. The summed E-state index contributed by atoms with van der Waals surface area (Å²) in [5, 5.41) is 0. The molecule has 4 unspecified atom stereocenters. The fraction of sp³-hybridized carbons (Fsp3) is 0.800. The molecule has 13 heavy (non-hydrogen) atoms. The van der Waals surface area contributed by atoms with Crippen LogP contribution in [0.25, 0.3) is 0 Å². The van der Waals surface area contributed by atoms with Crippen LogP contribution in [0.5, 0.6) is 0 Å². The van der Waals surface area contributed by atoms with E-state index in [1.165, 1.54) is 0 Å².